The molecule has 1 unspecified atom stereocenters. The van der Waals surface area contributed by atoms with Crippen LogP contribution in [-0.2, 0) is 13.0 Å². The van der Waals surface area contributed by atoms with Gasteiger partial charge in [-0.3, -0.25) is 0 Å². The standard InChI is InChI=1S/C15H27N3/c1-4-9-18-10-8-16-14(18)12-15(11-13(2)3)6-5-7-17-15/h8,10,13,17H,4-7,9,11-12H2,1-3H3. The van der Waals surface area contributed by atoms with Crippen molar-refractivity contribution in [3.05, 3.63) is 18.2 Å². The molecule has 1 atom stereocenters. The molecule has 1 N–H and O–H groups in total. The Labute approximate surface area is 111 Å². The van der Waals surface area contributed by atoms with Gasteiger partial charge in [0.2, 0.25) is 0 Å². The summed E-state index contributed by atoms with van der Waals surface area (Å²) in [5, 5.41) is 3.76. The lowest BCUT2D eigenvalue weighted by Gasteiger charge is -2.31. The monoisotopic (exact) mass is 249 g/mol. The molecule has 0 amide bonds. The molecular weight excluding hydrogens is 222 g/mol. The fourth-order valence-corrected chi connectivity index (χ4v) is 3.30. The molecule has 0 aromatic carbocycles. The minimum atomic E-state index is 0.297. The number of aromatic nitrogens is 2. The van der Waals surface area contributed by atoms with Crippen LogP contribution < -0.4 is 5.32 Å². The second kappa shape index (κ2) is 5.87. The normalized spacial score (nSPS) is 24.0. The van der Waals surface area contributed by atoms with Crippen LogP contribution in [0.3, 0.4) is 0 Å². The summed E-state index contributed by atoms with van der Waals surface area (Å²) >= 11 is 0. The van der Waals surface area contributed by atoms with Crippen molar-refractivity contribution in [2.24, 2.45) is 5.92 Å². The molecule has 3 nitrogen and oxygen atoms in total. The van der Waals surface area contributed by atoms with Crippen molar-refractivity contribution in [2.45, 2.75) is 65.0 Å². The Bertz CT molecular complexity index is 362. The van der Waals surface area contributed by atoms with Crippen LogP contribution in [-0.4, -0.2) is 21.6 Å². The third-order valence-corrected chi connectivity index (χ3v) is 3.89. The number of hydrogen-bond acceptors (Lipinski definition) is 2. The largest absolute Gasteiger partial charge is 0.335 e. The second-order valence-corrected chi connectivity index (χ2v) is 6.12. The van der Waals surface area contributed by atoms with Crippen molar-refractivity contribution in [3.8, 4) is 0 Å². The van der Waals surface area contributed by atoms with Crippen molar-refractivity contribution in [1.82, 2.24) is 14.9 Å². The average Bonchev–Trinajstić information content (AvgIpc) is 2.90. The summed E-state index contributed by atoms with van der Waals surface area (Å²) in [7, 11) is 0. The number of rotatable bonds is 6. The third-order valence-electron chi connectivity index (χ3n) is 3.89. The molecule has 0 saturated carbocycles. The van der Waals surface area contributed by atoms with Crippen LogP contribution in [0.2, 0.25) is 0 Å². The highest BCUT2D eigenvalue weighted by atomic mass is 15.1. The number of hydrogen-bond donors (Lipinski definition) is 1. The van der Waals surface area contributed by atoms with Crippen molar-refractivity contribution in [2.75, 3.05) is 6.54 Å². The first-order valence-electron chi connectivity index (χ1n) is 7.40. The second-order valence-electron chi connectivity index (χ2n) is 6.12. The zero-order valence-corrected chi connectivity index (χ0v) is 12.1. The maximum absolute atomic E-state index is 4.57. The van der Waals surface area contributed by atoms with Gasteiger partial charge >= 0.3 is 0 Å². The van der Waals surface area contributed by atoms with Gasteiger partial charge < -0.3 is 9.88 Å². The Morgan fingerprint density at radius 2 is 2.33 bits per heavy atom. The maximum Gasteiger partial charge on any atom is 0.110 e. The molecular formula is C15H27N3. The lowest BCUT2D eigenvalue weighted by atomic mass is 9.84. The summed E-state index contributed by atoms with van der Waals surface area (Å²) in [5.41, 5.74) is 0.297. The molecule has 3 heteroatoms. The highest BCUT2D eigenvalue weighted by Crippen LogP contribution is 2.30. The molecule has 0 spiro atoms. The number of aryl methyl sites for hydroxylation is 1. The van der Waals surface area contributed by atoms with Crippen LogP contribution in [0, 0.1) is 5.92 Å². The first kappa shape index (κ1) is 13.6. The molecule has 1 fully saturated rings. The average molecular weight is 249 g/mol. The predicted molar refractivity (Wildman–Crippen MR) is 75.6 cm³/mol. The fourth-order valence-electron chi connectivity index (χ4n) is 3.30. The minimum absolute atomic E-state index is 0.297. The van der Waals surface area contributed by atoms with Crippen LogP contribution >= 0.6 is 0 Å². The van der Waals surface area contributed by atoms with E-state index in [1.165, 1.54) is 38.1 Å². The minimum Gasteiger partial charge on any atom is -0.335 e. The molecule has 2 heterocycles. The van der Waals surface area contributed by atoms with E-state index in [1.54, 1.807) is 0 Å². The molecule has 0 aliphatic carbocycles. The zero-order valence-electron chi connectivity index (χ0n) is 12.1. The molecule has 0 radical (unpaired) electrons. The smallest absolute Gasteiger partial charge is 0.110 e. The van der Waals surface area contributed by atoms with Crippen LogP contribution in [0.4, 0.5) is 0 Å². The molecule has 102 valence electrons. The number of imidazole rings is 1. The van der Waals surface area contributed by atoms with Gasteiger partial charge in [-0.05, 0) is 38.1 Å². The van der Waals surface area contributed by atoms with Gasteiger partial charge in [0.25, 0.3) is 0 Å². The highest BCUT2D eigenvalue weighted by molar-refractivity contribution is 5.04. The molecule has 18 heavy (non-hydrogen) atoms. The van der Waals surface area contributed by atoms with E-state index in [2.05, 4.69) is 41.8 Å². The lowest BCUT2D eigenvalue weighted by Crippen LogP contribution is -2.43. The fraction of sp³-hybridized carbons (Fsp3) is 0.800. The van der Waals surface area contributed by atoms with E-state index in [0.29, 0.717) is 5.54 Å². The zero-order chi connectivity index (χ0) is 13.0. The molecule has 1 aliphatic rings. The Morgan fingerprint density at radius 1 is 1.50 bits per heavy atom. The van der Waals surface area contributed by atoms with Crippen LogP contribution in [0.15, 0.2) is 12.4 Å². The van der Waals surface area contributed by atoms with Crippen molar-refractivity contribution >= 4 is 0 Å². The van der Waals surface area contributed by atoms with Crippen LogP contribution in [0.5, 0.6) is 0 Å². The number of nitrogens with zero attached hydrogens (tertiary/aromatic N) is 2. The molecule has 1 aromatic heterocycles. The van der Waals surface area contributed by atoms with Gasteiger partial charge in [0.05, 0.1) is 0 Å². The van der Waals surface area contributed by atoms with Crippen molar-refractivity contribution < 1.29 is 0 Å². The molecule has 2 rings (SSSR count). The van der Waals surface area contributed by atoms with Gasteiger partial charge in [0.1, 0.15) is 5.82 Å². The first-order valence-corrected chi connectivity index (χ1v) is 7.40. The van der Waals surface area contributed by atoms with Crippen LogP contribution in [0.1, 0.15) is 52.3 Å². The summed E-state index contributed by atoms with van der Waals surface area (Å²) in [6, 6.07) is 0. The molecule has 1 aromatic rings. The van der Waals surface area contributed by atoms with Gasteiger partial charge in [-0.15, -0.1) is 0 Å². The molecule has 1 saturated heterocycles. The van der Waals surface area contributed by atoms with Gasteiger partial charge in [0, 0.05) is 30.9 Å². The van der Waals surface area contributed by atoms with Gasteiger partial charge in [-0.25, -0.2) is 4.98 Å². The number of nitrogens with one attached hydrogen (secondary N) is 1. The summed E-state index contributed by atoms with van der Waals surface area (Å²) in [6.45, 7) is 9.12. The Morgan fingerprint density at radius 3 is 2.94 bits per heavy atom. The first-order chi connectivity index (χ1) is 8.65. The summed E-state index contributed by atoms with van der Waals surface area (Å²) in [6.07, 6.45) is 10.2. The van der Waals surface area contributed by atoms with Crippen molar-refractivity contribution in [1.29, 1.82) is 0 Å². The van der Waals surface area contributed by atoms with E-state index in [-0.39, 0.29) is 0 Å². The predicted octanol–water partition coefficient (Wildman–Crippen LogP) is 3.00. The van der Waals surface area contributed by atoms with E-state index in [4.69, 9.17) is 0 Å². The van der Waals surface area contributed by atoms with Gasteiger partial charge in [-0.2, -0.15) is 0 Å². The van der Waals surface area contributed by atoms with E-state index in [9.17, 15) is 0 Å². The van der Waals surface area contributed by atoms with Crippen LogP contribution in [0.25, 0.3) is 0 Å². The van der Waals surface area contributed by atoms with E-state index < -0.39 is 0 Å². The molecule has 1 aliphatic heterocycles. The van der Waals surface area contributed by atoms with E-state index >= 15 is 0 Å². The summed E-state index contributed by atoms with van der Waals surface area (Å²) in [4.78, 5) is 4.57. The van der Waals surface area contributed by atoms with Gasteiger partial charge in [-0.1, -0.05) is 20.8 Å². The summed E-state index contributed by atoms with van der Waals surface area (Å²) in [5.74, 6) is 2.00. The third kappa shape index (κ3) is 3.14. The van der Waals surface area contributed by atoms with Gasteiger partial charge in [0.15, 0.2) is 0 Å². The van der Waals surface area contributed by atoms with Crippen molar-refractivity contribution in [3.63, 3.8) is 0 Å². The molecule has 0 bridgehead atoms. The lowest BCUT2D eigenvalue weighted by molar-refractivity contribution is 0.293. The summed E-state index contributed by atoms with van der Waals surface area (Å²) < 4.78 is 2.32. The topological polar surface area (TPSA) is 29.9 Å². The quantitative estimate of drug-likeness (QED) is 0.840. The maximum atomic E-state index is 4.57. The Balaban J connectivity index is 2.10. The Kier molecular flexibility index (Phi) is 4.44. The SMILES string of the molecule is CCCn1ccnc1CC1(CC(C)C)CCCN1. The Hall–Kier alpha value is -0.830. The van der Waals surface area contributed by atoms with E-state index in [0.717, 1.165) is 18.9 Å². The highest BCUT2D eigenvalue weighted by Gasteiger charge is 2.35. The van der Waals surface area contributed by atoms with E-state index in [1.807, 2.05) is 6.20 Å².